The lowest BCUT2D eigenvalue weighted by atomic mass is 9.91. The summed E-state index contributed by atoms with van der Waals surface area (Å²) < 4.78 is 10.7. The Hall–Kier alpha value is -2.28. The van der Waals surface area contributed by atoms with E-state index in [1.165, 1.54) is 4.90 Å². The fourth-order valence-corrected chi connectivity index (χ4v) is 3.10. The third kappa shape index (κ3) is 2.50. The van der Waals surface area contributed by atoms with Gasteiger partial charge in [-0.2, -0.15) is 5.06 Å². The molecule has 2 unspecified atom stereocenters. The maximum Gasteiger partial charge on any atom is 0.345 e. The van der Waals surface area contributed by atoms with Gasteiger partial charge in [0.1, 0.15) is 11.8 Å². The van der Waals surface area contributed by atoms with Gasteiger partial charge in [0.05, 0.1) is 19.8 Å². The topological polar surface area (TPSA) is 79.3 Å². The Morgan fingerprint density at radius 2 is 2.13 bits per heavy atom. The fourth-order valence-electron chi connectivity index (χ4n) is 3.10. The number of esters is 1. The molecule has 1 aromatic rings. The smallest absolute Gasteiger partial charge is 0.345 e. The summed E-state index contributed by atoms with van der Waals surface area (Å²) in [5.74, 6) is 0.174. The highest BCUT2D eigenvalue weighted by molar-refractivity contribution is 5.88. The minimum Gasteiger partial charge on any atom is -0.494 e. The van der Waals surface area contributed by atoms with Gasteiger partial charge in [-0.15, -0.1) is 0 Å². The Bertz CT molecular complexity index is 633. The number of carbonyl (C=O) groups is 2. The second kappa shape index (κ2) is 6.08. The number of fused-ring (bicyclic) bond motifs is 4. The van der Waals surface area contributed by atoms with Crippen molar-refractivity contribution >= 4 is 12.0 Å². The van der Waals surface area contributed by atoms with Crippen molar-refractivity contribution in [2.75, 3.05) is 19.8 Å². The molecule has 0 saturated carbocycles. The standard InChI is InChI=1S/C16H20N2O5/c1-3-7-23-10-5-6-11-12(8-10)13-9-17(16(20)18(13)21)14(11)15(19)22-4-2/h5-6,8,13-14,21H,3-4,7,9H2,1-2H3. The lowest BCUT2D eigenvalue weighted by Gasteiger charge is -2.31. The molecule has 0 aromatic heterocycles. The number of benzene rings is 1. The molecule has 1 fully saturated rings. The van der Waals surface area contributed by atoms with Gasteiger partial charge in [-0.3, -0.25) is 5.21 Å². The quantitative estimate of drug-likeness (QED) is 0.665. The summed E-state index contributed by atoms with van der Waals surface area (Å²) in [5, 5.41) is 10.7. The van der Waals surface area contributed by atoms with E-state index in [0.29, 0.717) is 23.0 Å². The summed E-state index contributed by atoms with van der Waals surface area (Å²) in [7, 11) is 0. The summed E-state index contributed by atoms with van der Waals surface area (Å²) in [5.41, 5.74) is 1.40. The molecular weight excluding hydrogens is 300 g/mol. The normalized spacial score (nSPS) is 22.1. The first-order valence-corrected chi connectivity index (χ1v) is 7.80. The second-order valence-corrected chi connectivity index (χ2v) is 5.59. The van der Waals surface area contributed by atoms with E-state index in [1.54, 1.807) is 25.1 Å². The van der Waals surface area contributed by atoms with Gasteiger partial charge >= 0.3 is 12.0 Å². The second-order valence-electron chi connectivity index (χ2n) is 5.59. The largest absolute Gasteiger partial charge is 0.494 e. The van der Waals surface area contributed by atoms with E-state index in [4.69, 9.17) is 9.47 Å². The van der Waals surface area contributed by atoms with E-state index in [9.17, 15) is 14.8 Å². The van der Waals surface area contributed by atoms with Crippen molar-refractivity contribution in [1.29, 1.82) is 0 Å². The number of ether oxygens (including phenoxy) is 2. The highest BCUT2D eigenvalue weighted by atomic mass is 16.5. The van der Waals surface area contributed by atoms with Crippen LogP contribution < -0.4 is 4.74 Å². The number of hydroxylamine groups is 2. The van der Waals surface area contributed by atoms with E-state index in [-0.39, 0.29) is 13.2 Å². The Kier molecular flexibility index (Phi) is 4.12. The zero-order valence-corrected chi connectivity index (χ0v) is 13.2. The van der Waals surface area contributed by atoms with Gasteiger partial charge in [0.2, 0.25) is 0 Å². The third-order valence-electron chi connectivity index (χ3n) is 4.11. The van der Waals surface area contributed by atoms with E-state index >= 15 is 0 Å². The van der Waals surface area contributed by atoms with Crippen LogP contribution in [0.15, 0.2) is 18.2 Å². The van der Waals surface area contributed by atoms with Gasteiger partial charge < -0.3 is 14.4 Å². The molecule has 1 N–H and O–H groups in total. The molecular formula is C16H20N2O5. The van der Waals surface area contributed by atoms with E-state index in [1.807, 2.05) is 6.92 Å². The van der Waals surface area contributed by atoms with Crippen molar-refractivity contribution < 1.29 is 24.3 Å². The molecule has 7 nitrogen and oxygen atoms in total. The van der Waals surface area contributed by atoms with Gasteiger partial charge in [-0.1, -0.05) is 13.0 Å². The molecule has 7 heteroatoms. The predicted molar refractivity (Wildman–Crippen MR) is 80.1 cm³/mol. The maximum atomic E-state index is 12.3. The molecule has 0 spiro atoms. The van der Waals surface area contributed by atoms with Crippen LogP contribution in [0, 0.1) is 0 Å². The number of nitrogens with zero attached hydrogens (tertiary/aromatic N) is 2. The number of amides is 2. The lowest BCUT2D eigenvalue weighted by molar-refractivity contribution is -0.148. The Labute approximate surface area is 134 Å². The highest BCUT2D eigenvalue weighted by Gasteiger charge is 2.50. The zero-order valence-electron chi connectivity index (χ0n) is 13.2. The first kappa shape index (κ1) is 15.6. The first-order valence-electron chi connectivity index (χ1n) is 7.80. The summed E-state index contributed by atoms with van der Waals surface area (Å²) in [6.45, 7) is 4.80. The van der Waals surface area contributed by atoms with Crippen molar-refractivity contribution in [3.63, 3.8) is 0 Å². The third-order valence-corrected chi connectivity index (χ3v) is 4.11. The first-order chi connectivity index (χ1) is 11.1. The Morgan fingerprint density at radius 1 is 1.35 bits per heavy atom. The molecule has 2 amide bonds. The molecule has 0 radical (unpaired) electrons. The molecule has 1 saturated heterocycles. The van der Waals surface area contributed by atoms with Crippen LogP contribution in [0.3, 0.4) is 0 Å². The zero-order chi connectivity index (χ0) is 16.6. The van der Waals surface area contributed by atoms with Crippen LogP contribution >= 0.6 is 0 Å². The summed E-state index contributed by atoms with van der Waals surface area (Å²) in [6, 6.07) is 3.44. The monoisotopic (exact) mass is 320 g/mol. The molecule has 2 aliphatic heterocycles. The average Bonchev–Trinajstić information content (AvgIpc) is 2.80. The van der Waals surface area contributed by atoms with E-state index < -0.39 is 24.1 Å². The van der Waals surface area contributed by atoms with Crippen molar-refractivity contribution in [3.05, 3.63) is 29.3 Å². The number of rotatable bonds is 5. The van der Waals surface area contributed by atoms with Crippen LogP contribution in [0.1, 0.15) is 43.5 Å². The molecule has 2 bridgehead atoms. The molecule has 124 valence electrons. The van der Waals surface area contributed by atoms with Crippen LogP contribution in [0.25, 0.3) is 0 Å². The number of urea groups is 1. The number of hydrogen-bond donors (Lipinski definition) is 1. The predicted octanol–water partition coefficient (Wildman–Crippen LogP) is 2.26. The van der Waals surface area contributed by atoms with Gasteiger partial charge in [0, 0.05) is 0 Å². The van der Waals surface area contributed by atoms with Crippen LogP contribution in [-0.4, -0.2) is 46.9 Å². The van der Waals surface area contributed by atoms with Crippen molar-refractivity contribution in [3.8, 4) is 5.75 Å². The molecule has 3 rings (SSSR count). The van der Waals surface area contributed by atoms with Crippen LogP contribution in [0.4, 0.5) is 4.79 Å². The maximum absolute atomic E-state index is 12.3. The highest BCUT2D eigenvalue weighted by Crippen LogP contribution is 2.44. The summed E-state index contributed by atoms with van der Waals surface area (Å²) in [6.07, 6.45) is 0.879. The molecule has 2 aliphatic rings. The van der Waals surface area contributed by atoms with E-state index in [2.05, 4.69) is 0 Å². The van der Waals surface area contributed by atoms with Crippen molar-refractivity contribution in [1.82, 2.24) is 9.96 Å². The van der Waals surface area contributed by atoms with Gasteiger partial charge in [0.15, 0.2) is 6.04 Å². The number of hydrogen-bond acceptors (Lipinski definition) is 5. The van der Waals surface area contributed by atoms with Gasteiger partial charge in [-0.25, -0.2) is 9.59 Å². The molecule has 23 heavy (non-hydrogen) atoms. The van der Waals surface area contributed by atoms with Crippen LogP contribution in [0.2, 0.25) is 0 Å². The summed E-state index contributed by atoms with van der Waals surface area (Å²) >= 11 is 0. The molecule has 2 heterocycles. The van der Waals surface area contributed by atoms with Gasteiger partial charge in [-0.05, 0) is 36.6 Å². The van der Waals surface area contributed by atoms with Gasteiger partial charge in [0.25, 0.3) is 0 Å². The Morgan fingerprint density at radius 3 is 2.83 bits per heavy atom. The molecule has 1 aromatic carbocycles. The minimum atomic E-state index is -0.828. The SMILES string of the molecule is CCCOc1ccc2c(c1)C1CN(C(=O)N1O)C2C(=O)OCC. The van der Waals surface area contributed by atoms with Crippen LogP contribution in [0.5, 0.6) is 5.75 Å². The Balaban J connectivity index is 2.02. The molecule has 0 aliphatic carbocycles. The van der Waals surface area contributed by atoms with Crippen LogP contribution in [-0.2, 0) is 9.53 Å². The summed E-state index contributed by atoms with van der Waals surface area (Å²) in [4.78, 5) is 25.8. The molecule has 2 atom stereocenters. The average molecular weight is 320 g/mol. The van der Waals surface area contributed by atoms with Crippen molar-refractivity contribution in [2.24, 2.45) is 0 Å². The minimum absolute atomic E-state index is 0.233. The lowest BCUT2D eigenvalue weighted by Crippen LogP contribution is -2.39. The van der Waals surface area contributed by atoms with E-state index in [0.717, 1.165) is 12.0 Å². The number of carbonyl (C=O) groups excluding carboxylic acids is 2. The van der Waals surface area contributed by atoms with Crippen molar-refractivity contribution in [2.45, 2.75) is 32.4 Å². The fraction of sp³-hybridized carbons (Fsp3) is 0.500.